The lowest BCUT2D eigenvalue weighted by molar-refractivity contribution is -0.140. The number of carbonyl (C=O) groups is 2. The van der Waals surface area contributed by atoms with Crippen LogP contribution in [-0.2, 0) is 26.2 Å². The normalized spacial score (nSPS) is 12.1. The quantitative estimate of drug-likeness (QED) is 0.437. The highest BCUT2D eigenvalue weighted by molar-refractivity contribution is 7.92. The number of halogens is 3. The fraction of sp³-hybridized carbons (Fsp3) is 0.391. The molecule has 1 unspecified atom stereocenters. The van der Waals surface area contributed by atoms with E-state index >= 15 is 0 Å². The molecule has 2 rings (SSSR count). The number of benzene rings is 2. The minimum atomic E-state index is -3.95. The first kappa shape index (κ1) is 29.0. The van der Waals surface area contributed by atoms with Crippen LogP contribution in [0.2, 0.25) is 15.1 Å². The average Bonchev–Trinajstić information content (AvgIpc) is 2.78. The molecule has 0 radical (unpaired) electrons. The summed E-state index contributed by atoms with van der Waals surface area (Å²) in [4.78, 5) is 27.8. The van der Waals surface area contributed by atoms with Crippen LogP contribution in [-0.4, -0.2) is 57.6 Å². The van der Waals surface area contributed by atoms with Crippen molar-refractivity contribution in [2.75, 3.05) is 30.8 Å². The van der Waals surface area contributed by atoms with Gasteiger partial charge in [0.05, 0.1) is 19.1 Å². The van der Waals surface area contributed by atoms with E-state index in [1.807, 2.05) is 0 Å². The number of anilines is 1. The second-order valence-corrected chi connectivity index (χ2v) is 10.8. The van der Waals surface area contributed by atoms with Gasteiger partial charge in [0.1, 0.15) is 18.3 Å². The third kappa shape index (κ3) is 7.39. The number of carbonyl (C=O) groups excluding carboxylic acids is 2. The SMILES string of the molecule is CCNC(=O)C(CC)N(Cc1c(Cl)cccc1Cl)C(=O)CN(c1cc(Cl)ccc1OC)S(C)(=O)=O. The number of likely N-dealkylation sites (N-methyl/N-ethyl adjacent to an activating group) is 1. The molecule has 0 aromatic heterocycles. The second kappa shape index (κ2) is 12.7. The maximum atomic E-state index is 13.7. The van der Waals surface area contributed by atoms with Gasteiger partial charge in [0.2, 0.25) is 21.8 Å². The van der Waals surface area contributed by atoms with E-state index in [-0.39, 0.29) is 35.3 Å². The molecule has 0 fully saturated rings. The summed E-state index contributed by atoms with van der Waals surface area (Å²) >= 11 is 18.8. The third-order valence-corrected chi connectivity index (χ3v) is 7.29. The van der Waals surface area contributed by atoms with Crippen LogP contribution in [0.25, 0.3) is 0 Å². The lowest BCUT2D eigenvalue weighted by atomic mass is 10.1. The summed E-state index contributed by atoms with van der Waals surface area (Å²) in [6.07, 6.45) is 1.25. The number of amides is 2. The molecule has 2 aromatic rings. The van der Waals surface area contributed by atoms with Crippen molar-refractivity contribution in [3.63, 3.8) is 0 Å². The molecule has 1 N–H and O–H groups in total. The molecule has 35 heavy (non-hydrogen) atoms. The predicted molar refractivity (Wildman–Crippen MR) is 140 cm³/mol. The van der Waals surface area contributed by atoms with Gasteiger partial charge in [-0.3, -0.25) is 13.9 Å². The first-order valence-corrected chi connectivity index (χ1v) is 13.7. The number of hydrogen-bond donors (Lipinski definition) is 1. The molecule has 0 heterocycles. The van der Waals surface area contributed by atoms with Gasteiger partial charge in [0.15, 0.2) is 0 Å². The maximum Gasteiger partial charge on any atom is 0.244 e. The topological polar surface area (TPSA) is 96.0 Å². The van der Waals surface area contributed by atoms with Crippen molar-refractivity contribution >= 4 is 62.3 Å². The van der Waals surface area contributed by atoms with Crippen molar-refractivity contribution < 1.29 is 22.7 Å². The number of methoxy groups -OCH3 is 1. The Morgan fingerprint density at radius 3 is 2.23 bits per heavy atom. The highest BCUT2D eigenvalue weighted by Crippen LogP contribution is 2.33. The van der Waals surface area contributed by atoms with E-state index in [9.17, 15) is 18.0 Å². The molecule has 0 aliphatic carbocycles. The van der Waals surface area contributed by atoms with E-state index in [2.05, 4.69) is 5.32 Å². The minimum Gasteiger partial charge on any atom is -0.495 e. The predicted octanol–water partition coefficient (Wildman–Crippen LogP) is 4.36. The Morgan fingerprint density at radius 1 is 1.09 bits per heavy atom. The third-order valence-electron chi connectivity index (χ3n) is 5.22. The van der Waals surface area contributed by atoms with Gasteiger partial charge in [0.25, 0.3) is 0 Å². The van der Waals surface area contributed by atoms with Crippen molar-refractivity contribution in [3.8, 4) is 5.75 Å². The summed E-state index contributed by atoms with van der Waals surface area (Å²) in [5, 5.41) is 3.61. The smallest absolute Gasteiger partial charge is 0.244 e. The monoisotopic (exact) mass is 563 g/mol. The van der Waals surface area contributed by atoms with Crippen LogP contribution in [0, 0.1) is 0 Å². The molecule has 0 bridgehead atoms. The van der Waals surface area contributed by atoms with E-state index in [0.29, 0.717) is 22.2 Å². The number of nitrogens with zero attached hydrogens (tertiary/aromatic N) is 2. The molecule has 12 heteroatoms. The molecular formula is C23H28Cl3N3O5S. The van der Waals surface area contributed by atoms with Crippen molar-refractivity contribution in [1.29, 1.82) is 0 Å². The summed E-state index contributed by atoms with van der Waals surface area (Å²) < 4.78 is 31.7. The Balaban J connectivity index is 2.56. The molecule has 0 aliphatic rings. The standard InChI is InChI=1S/C23H28Cl3N3O5S/c1-5-19(23(31)27-6-2)28(13-16-17(25)8-7-9-18(16)26)22(30)14-29(35(4,32)33)20-12-15(24)10-11-21(20)34-3/h7-12,19H,5-6,13-14H2,1-4H3,(H,27,31). The van der Waals surface area contributed by atoms with Gasteiger partial charge in [-0.15, -0.1) is 0 Å². The highest BCUT2D eigenvalue weighted by Gasteiger charge is 2.33. The average molecular weight is 565 g/mol. The molecular weight excluding hydrogens is 537 g/mol. The van der Waals surface area contributed by atoms with Gasteiger partial charge in [0, 0.05) is 33.7 Å². The van der Waals surface area contributed by atoms with Gasteiger partial charge in [-0.25, -0.2) is 8.42 Å². The van der Waals surface area contributed by atoms with Crippen LogP contribution in [0.1, 0.15) is 25.8 Å². The van der Waals surface area contributed by atoms with E-state index in [0.717, 1.165) is 10.6 Å². The largest absolute Gasteiger partial charge is 0.495 e. The zero-order valence-electron chi connectivity index (χ0n) is 19.8. The number of rotatable bonds is 11. The Morgan fingerprint density at radius 2 is 1.71 bits per heavy atom. The van der Waals surface area contributed by atoms with Crippen LogP contribution in [0.4, 0.5) is 5.69 Å². The summed E-state index contributed by atoms with van der Waals surface area (Å²) in [6, 6.07) is 8.46. The summed E-state index contributed by atoms with van der Waals surface area (Å²) in [5.74, 6) is -0.798. The van der Waals surface area contributed by atoms with Crippen LogP contribution in [0.3, 0.4) is 0 Å². The number of sulfonamides is 1. The minimum absolute atomic E-state index is 0.0950. The molecule has 2 amide bonds. The van der Waals surface area contributed by atoms with E-state index in [4.69, 9.17) is 39.5 Å². The Hall–Kier alpha value is -2.20. The molecule has 2 aromatic carbocycles. The van der Waals surface area contributed by atoms with Crippen LogP contribution < -0.4 is 14.4 Å². The van der Waals surface area contributed by atoms with Gasteiger partial charge < -0.3 is 15.0 Å². The Kier molecular flexibility index (Phi) is 10.5. The zero-order chi connectivity index (χ0) is 26.3. The Labute approximate surface area is 221 Å². The van der Waals surface area contributed by atoms with Gasteiger partial charge in [-0.2, -0.15) is 0 Å². The molecule has 192 valence electrons. The maximum absolute atomic E-state index is 13.7. The van der Waals surface area contributed by atoms with Crippen molar-refractivity contribution in [2.45, 2.75) is 32.9 Å². The van der Waals surface area contributed by atoms with Crippen molar-refractivity contribution in [3.05, 3.63) is 57.0 Å². The van der Waals surface area contributed by atoms with E-state index < -0.39 is 28.5 Å². The first-order valence-electron chi connectivity index (χ1n) is 10.8. The fourth-order valence-electron chi connectivity index (χ4n) is 3.52. The molecule has 8 nitrogen and oxygen atoms in total. The lowest BCUT2D eigenvalue weighted by Gasteiger charge is -2.33. The molecule has 0 spiro atoms. The van der Waals surface area contributed by atoms with E-state index in [1.165, 1.54) is 24.1 Å². The zero-order valence-corrected chi connectivity index (χ0v) is 22.9. The number of hydrogen-bond acceptors (Lipinski definition) is 5. The molecule has 1 atom stereocenters. The second-order valence-electron chi connectivity index (χ2n) is 7.63. The first-order chi connectivity index (χ1) is 16.4. The van der Waals surface area contributed by atoms with E-state index in [1.54, 1.807) is 38.1 Å². The Bertz CT molecular complexity index is 1160. The summed E-state index contributed by atoms with van der Waals surface area (Å²) in [5.41, 5.74) is 0.538. The fourth-order valence-corrected chi connectivity index (χ4v) is 5.05. The molecule has 0 aliphatic heterocycles. The van der Waals surface area contributed by atoms with Gasteiger partial charge >= 0.3 is 0 Å². The van der Waals surface area contributed by atoms with Gasteiger partial charge in [-0.1, -0.05) is 47.8 Å². The van der Waals surface area contributed by atoms with Crippen LogP contribution >= 0.6 is 34.8 Å². The molecule has 0 saturated carbocycles. The summed E-state index contributed by atoms with van der Waals surface area (Å²) in [6.45, 7) is 3.17. The van der Waals surface area contributed by atoms with Gasteiger partial charge in [-0.05, 0) is 43.7 Å². The number of nitrogens with one attached hydrogen (secondary N) is 1. The highest BCUT2D eigenvalue weighted by atomic mass is 35.5. The van der Waals surface area contributed by atoms with Crippen LogP contribution in [0.15, 0.2) is 36.4 Å². The summed E-state index contributed by atoms with van der Waals surface area (Å²) in [7, 11) is -2.58. The van der Waals surface area contributed by atoms with Crippen LogP contribution in [0.5, 0.6) is 5.75 Å². The van der Waals surface area contributed by atoms with Crippen molar-refractivity contribution in [2.24, 2.45) is 0 Å². The van der Waals surface area contributed by atoms with Crippen molar-refractivity contribution in [1.82, 2.24) is 10.2 Å². The number of ether oxygens (including phenoxy) is 1. The lowest BCUT2D eigenvalue weighted by Crippen LogP contribution is -2.52. The molecule has 0 saturated heterocycles.